The third kappa shape index (κ3) is 5.56. The Kier molecular flexibility index (Phi) is 8.03. The molecule has 28 heavy (non-hydrogen) atoms. The van der Waals surface area contributed by atoms with Crippen LogP contribution in [0.4, 0.5) is 5.69 Å². The van der Waals surface area contributed by atoms with Crippen LogP contribution in [-0.4, -0.2) is 38.3 Å². The zero-order chi connectivity index (χ0) is 20.7. The zero-order valence-corrected chi connectivity index (χ0v) is 18.6. The molecule has 0 aliphatic carbocycles. The van der Waals surface area contributed by atoms with Gasteiger partial charge >= 0.3 is 0 Å². The lowest BCUT2D eigenvalue weighted by Gasteiger charge is -2.21. The summed E-state index contributed by atoms with van der Waals surface area (Å²) in [6, 6.07) is 12.2. The number of sulfonamides is 1. The summed E-state index contributed by atoms with van der Waals surface area (Å²) in [7, 11) is -3.73. The molecular formula is C20H25BrN2O4S. The van der Waals surface area contributed by atoms with Crippen LogP contribution >= 0.6 is 15.9 Å². The van der Waals surface area contributed by atoms with Gasteiger partial charge in [-0.15, -0.1) is 0 Å². The lowest BCUT2D eigenvalue weighted by atomic mass is 10.1. The first-order valence-electron chi connectivity index (χ1n) is 9.13. The number of anilines is 1. The number of benzene rings is 2. The molecule has 0 saturated carbocycles. The van der Waals surface area contributed by atoms with Gasteiger partial charge in [-0.2, -0.15) is 4.31 Å². The van der Waals surface area contributed by atoms with Crippen LogP contribution in [0, 0.1) is 0 Å². The van der Waals surface area contributed by atoms with Crippen molar-refractivity contribution in [1.82, 2.24) is 4.31 Å². The normalized spacial score (nSPS) is 11.5. The van der Waals surface area contributed by atoms with Gasteiger partial charge in [-0.3, -0.25) is 4.79 Å². The van der Waals surface area contributed by atoms with Crippen LogP contribution < -0.4 is 10.1 Å². The highest BCUT2D eigenvalue weighted by Gasteiger charge is 2.26. The highest BCUT2D eigenvalue weighted by Crippen LogP contribution is 2.30. The fourth-order valence-electron chi connectivity index (χ4n) is 2.80. The predicted octanol–water partition coefficient (Wildman–Crippen LogP) is 4.06. The monoisotopic (exact) mass is 468 g/mol. The molecule has 0 fully saturated rings. The van der Waals surface area contributed by atoms with Crippen molar-refractivity contribution in [3.63, 3.8) is 0 Å². The van der Waals surface area contributed by atoms with Crippen molar-refractivity contribution in [1.29, 1.82) is 0 Å². The first-order chi connectivity index (χ1) is 13.3. The van der Waals surface area contributed by atoms with E-state index in [2.05, 4.69) is 21.2 Å². The molecule has 0 aliphatic rings. The van der Waals surface area contributed by atoms with E-state index >= 15 is 0 Å². The van der Waals surface area contributed by atoms with Crippen LogP contribution in [0.1, 0.15) is 26.3 Å². The minimum absolute atomic E-state index is 0.0540. The number of rotatable bonds is 9. The summed E-state index contributed by atoms with van der Waals surface area (Å²) in [6.07, 6.45) is 0.185. The molecule has 0 bridgehead atoms. The smallest absolute Gasteiger partial charge is 0.246 e. The first kappa shape index (κ1) is 22.4. The van der Waals surface area contributed by atoms with Gasteiger partial charge in [0.15, 0.2) is 0 Å². The molecule has 0 unspecified atom stereocenters. The Morgan fingerprint density at radius 3 is 2.43 bits per heavy atom. The maximum Gasteiger partial charge on any atom is 0.246 e. The summed E-state index contributed by atoms with van der Waals surface area (Å²) in [5, 5.41) is 2.77. The summed E-state index contributed by atoms with van der Waals surface area (Å²) in [5.41, 5.74) is 1.27. The van der Waals surface area contributed by atoms with Gasteiger partial charge in [0.1, 0.15) is 10.6 Å². The summed E-state index contributed by atoms with van der Waals surface area (Å²) in [4.78, 5) is 12.4. The van der Waals surface area contributed by atoms with Crippen LogP contribution in [0.3, 0.4) is 0 Å². The van der Waals surface area contributed by atoms with Crippen molar-refractivity contribution in [2.45, 2.75) is 32.1 Å². The Hall–Kier alpha value is -1.90. The standard InChI is InChI=1S/C20H25BrN2O4S/c1-4-23(5-2)28(25,26)19-14-17(10-11-18(19)27-6-3)22-20(24)13-15-8-7-9-16(21)12-15/h7-12,14H,4-6,13H2,1-3H3,(H,22,24). The van der Waals surface area contributed by atoms with Crippen molar-refractivity contribution in [3.05, 3.63) is 52.5 Å². The van der Waals surface area contributed by atoms with E-state index in [0.717, 1.165) is 10.0 Å². The molecular weight excluding hydrogens is 444 g/mol. The molecule has 0 heterocycles. The van der Waals surface area contributed by atoms with E-state index < -0.39 is 10.0 Å². The number of amides is 1. The molecule has 1 N–H and O–H groups in total. The zero-order valence-electron chi connectivity index (χ0n) is 16.2. The summed E-state index contributed by atoms with van der Waals surface area (Å²) in [5.74, 6) is 0.0489. The second kappa shape index (κ2) is 10.0. The number of hydrogen-bond donors (Lipinski definition) is 1. The minimum atomic E-state index is -3.73. The molecule has 2 aromatic carbocycles. The van der Waals surface area contributed by atoms with Crippen LogP contribution in [0.2, 0.25) is 0 Å². The SMILES string of the molecule is CCOc1ccc(NC(=O)Cc2cccc(Br)c2)cc1S(=O)(=O)N(CC)CC. The predicted molar refractivity (Wildman–Crippen MR) is 114 cm³/mol. The molecule has 1 amide bonds. The Morgan fingerprint density at radius 2 is 1.82 bits per heavy atom. The second-order valence-electron chi connectivity index (χ2n) is 6.04. The number of nitrogens with one attached hydrogen (secondary N) is 1. The van der Waals surface area contributed by atoms with Crippen molar-refractivity contribution in [2.75, 3.05) is 25.0 Å². The topological polar surface area (TPSA) is 75.7 Å². The van der Waals surface area contributed by atoms with E-state index in [4.69, 9.17) is 4.74 Å². The Morgan fingerprint density at radius 1 is 1.11 bits per heavy atom. The molecule has 0 radical (unpaired) electrons. The number of carbonyl (C=O) groups is 1. The molecule has 6 nitrogen and oxygen atoms in total. The van der Waals surface area contributed by atoms with Gasteiger partial charge in [0.05, 0.1) is 13.0 Å². The van der Waals surface area contributed by atoms with Gasteiger partial charge in [-0.05, 0) is 42.8 Å². The van der Waals surface area contributed by atoms with Crippen LogP contribution in [0.15, 0.2) is 51.8 Å². The summed E-state index contributed by atoms with van der Waals surface area (Å²) < 4.78 is 33.7. The second-order valence-corrected chi connectivity index (χ2v) is 8.86. The van der Waals surface area contributed by atoms with Gasteiger partial charge in [0.2, 0.25) is 15.9 Å². The molecule has 2 rings (SSSR count). The summed E-state index contributed by atoms with van der Waals surface area (Å²) >= 11 is 3.38. The highest BCUT2D eigenvalue weighted by molar-refractivity contribution is 9.10. The van der Waals surface area contributed by atoms with E-state index in [1.54, 1.807) is 32.9 Å². The maximum atomic E-state index is 13.0. The average Bonchev–Trinajstić information content (AvgIpc) is 2.63. The molecule has 0 saturated heterocycles. The quantitative estimate of drug-likeness (QED) is 0.601. The van der Waals surface area contributed by atoms with Gasteiger partial charge in [0, 0.05) is 23.2 Å². The Labute approximate surface area is 175 Å². The van der Waals surface area contributed by atoms with Crippen LogP contribution in [0.25, 0.3) is 0 Å². The number of carbonyl (C=O) groups excluding carboxylic acids is 1. The number of hydrogen-bond acceptors (Lipinski definition) is 4. The van der Waals surface area contributed by atoms with Crippen LogP contribution in [-0.2, 0) is 21.2 Å². The Balaban J connectivity index is 2.30. The number of ether oxygens (including phenoxy) is 1. The highest BCUT2D eigenvalue weighted by atomic mass is 79.9. The number of nitrogens with zero attached hydrogens (tertiary/aromatic N) is 1. The Bertz CT molecular complexity index is 928. The average molecular weight is 469 g/mol. The van der Waals surface area contributed by atoms with Gasteiger partial charge < -0.3 is 10.1 Å². The lowest BCUT2D eigenvalue weighted by molar-refractivity contribution is -0.115. The van der Waals surface area contributed by atoms with Crippen LogP contribution in [0.5, 0.6) is 5.75 Å². The van der Waals surface area contributed by atoms with Gasteiger partial charge in [-0.25, -0.2) is 8.42 Å². The van der Waals surface area contributed by atoms with E-state index in [-0.39, 0.29) is 23.0 Å². The van der Waals surface area contributed by atoms with Crippen molar-refractivity contribution in [3.8, 4) is 5.75 Å². The van der Waals surface area contributed by atoms with Crippen molar-refractivity contribution >= 4 is 37.5 Å². The van der Waals surface area contributed by atoms with E-state index in [1.165, 1.54) is 10.4 Å². The third-order valence-corrected chi connectivity index (χ3v) is 6.67. The summed E-state index contributed by atoms with van der Waals surface area (Å²) in [6.45, 7) is 6.40. The van der Waals surface area contributed by atoms with Gasteiger partial charge in [-0.1, -0.05) is 41.9 Å². The molecule has 0 aromatic heterocycles. The molecule has 152 valence electrons. The maximum absolute atomic E-state index is 13.0. The first-order valence-corrected chi connectivity index (χ1v) is 11.4. The van der Waals surface area contributed by atoms with Crippen molar-refractivity contribution < 1.29 is 17.9 Å². The molecule has 0 spiro atoms. The largest absolute Gasteiger partial charge is 0.492 e. The van der Waals surface area contributed by atoms with E-state index in [9.17, 15) is 13.2 Å². The molecule has 8 heteroatoms. The fraction of sp³-hybridized carbons (Fsp3) is 0.350. The van der Waals surface area contributed by atoms with E-state index in [0.29, 0.717) is 25.4 Å². The lowest BCUT2D eigenvalue weighted by Crippen LogP contribution is -2.31. The molecule has 0 atom stereocenters. The van der Waals surface area contributed by atoms with E-state index in [1.807, 2.05) is 24.3 Å². The molecule has 0 aliphatic heterocycles. The molecule has 2 aromatic rings. The third-order valence-electron chi connectivity index (χ3n) is 4.10. The number of halogens is 1. The van der Waals surface area contributed by atoms with Gasteiger partial charge in [0.25, 0.3) is 0 Å². The fourth-order valence-corrected chi connectivity index (χ4v) is 4.86. The van der Waals surface area contributed by atoms with Crippen molar-refractivity contribution in [2.24, 2.45) is 0 Å². The minimum Gasteiger partial charge on any atom is -0.492 e.